The SMILES string of the molecule is O=C(NN[C@H](Cc1ccc2c(c1)Cc1ccccc1-2)C(=O)O)OCC1c2ccccc2-c2ccccc21. The zero-order valence-corrected chi connectivity index (χ0v) is 20.1. The fourth-order valence-corrected chi connectivity index (χ4v) is 5.54. The second-order valence-electron chi connectivity index (χ2n) is 9.52. The van der Waals surface area contributed by atoms with Crippen LogP contribution in [0.2, 0.25) is 0 Å². The van der Waals surface area contributed by atoms with Gasteiger partial charge in [0.25, 0.3) is 0 Å². The molecule has 0 saturated heterocycles. The standard InChI is InChI=1S/C31H26N2O4/c34-30(35)29(16-19-13-14-23-21(15-19)17-20-7-1-2-8-22(20)23)32-33-31(36)37-18-28-26-11-5-3-9-24(26)25-10-4-6-12-27(25)28/h1-15,28-29,32H,16-18H2,(H,33,36)(H,34,35)/t29-/m1/s1. The molecule has 6 nitrogen and oxygen atoms in total. The number of carboxylic acids is 1. The van der Waals surface area contributed by atoms with Crippen LogP contribution in [-0.2, 0) is 22.4 Å². The van der Waals surface area contributed by atoms with Crippen LogP contribution in [0.3, 0.4) is 0 Å². The zero-order valence-electron chi connectivity index (χ0n) is 20.1. The third-order valence-electron chi connectivity index (χ3n) is 7.29. The summed E-state index contributed by atoms with van der Waals surface area (Å²) in [4.78, 5) is 24.4. The topological polar surface area (TPSA) is 87.7 Å². The van der Waals surface area contributed by atoms with Crippen molar-refractivity contribution in [3.8, 4) is 22.3 Å². The fraction of sp³-hybridized carbons (Fsp3) is 0.161. The van der Waals surface area contributed by atoms with Crippen LogP contribution in [0.5, 0.6) is 0 Å². The molecule has 0 unspecified atom stereocenters. The molecule has 0 aromatic heterocycles. The number of carboxylic acid groups (broad SMARTS) is 1. The molecule has 0 saturated carbocycles. The molecule has 4 aromatic carbocycles. The van der Waals surface area contributed by atoms with Crippen molar-refractivity contribution in [1.29, 1.82) is 0 Å². The number of hydrogen-bond donors (Lipinski definition) is 3. The fourth-order valence-electron chi connectivity index (χ4n) is 5.54. The van der Waals surface area contributed by atoms with Crippen molar-refractivity contribution in [2.24, 2.45) is 0 Å². The van der Waals surface area contributed by atoms with E-state index >= 15 is 0 Å². The number of nitrogens with one attached hydrogen (secondary N) is 2. The van der Waals surface area contributed by atoms with Gasteiger partial charge in [-0.25, -0.2) is 10.2 Å². The molecule has 6 rings (SSSR count). The summed E-state index contributed by atoms with van der Waals surface area (Å²) in [6.45, 7) is 0.157. The van der Waals surface area contributed by atoms with E-state index in [1.54, 1.807) is 0 Å². The first-order valence-corrected chi connectivity index (χ1v) is 12.4. The molecular formula is C31H26N2O4. The van der Waals surface area contributed by atoms with Crippen molar-refractivity contribution in [1.82, 2.24) is 10.9 Å². The van der Waals surface area contributed by atoms with Crippen molar-refractivity contribution in [2.75, 3.05) is 6.61 Å². The monoisotopic (exact) mass is 490 g/mol. The summed E-state index contributed by atoms with van der Waals surface area (Å²) >= 11 is 0. The number of amides is 1. The van der Waals surface area contributed by atoms with E-state index in [0.717, 1.165) is 34.2 Å². The van der Waals surface area contributed by atoms with E-state index in [2.05, 4.69) is 53.3 Å². The van der Waals surface area contributed by atoms with E-state index < -0.39 is 18.1 Å². The molecule has 0 spiro atoms. The molecule has 0 radical (unpaired) electrons. The zero-order chi connectivity index (χ0) is 25.4. The highest BCUT2D eigenvalue weighted by Gasteiger charge is 2.29. The van der Waals surface area contributed by atoms with Crippen LogP contribution in [0, 0.1) is 0 Å². The Balaban J connectivity index is 1.08. The van der Waals surface area contributed by atoms with Crippen molar-refractivity contribution in [2.45, 2.75) is 24.8 Å². The minimum Gasteiger partial charge on any atom is -0.480 e. The Morgan fingerprint density at radius 2 is 1.43 bits per heavy atom. The maximum absolute atomic E-state index is 12.5. The lowest BCUT2D eigenvalue weighted by atomic mass is 9.98. The summed E-state index contributed by atoms with van der Waals surface area (Å²) in [6.07, 6.45) is 0.350. The van der Waals surface area contributed by atoms with E-state index in [-0.39, 0.29) is 18.9 Å². The highest BCUT2D eigenvalue weighted by molar-refractivity contribution is 5.80. The van der Waals surface area contributed by atoms with Crippen LogP contribution in [-0.4, -0.2) is 29.8 Å². The molecule has 0 aliphatic heterocycles. The van der Waals surface area contributed by atoms with Gasteiger partial charge in [-0.05, 0) is 56.5 Å². The van der Waals surface area contributed by atoms with Gasteiger partial charge in [-0.3, -0.25) is 10.2 Å². The van der Waals surface area contributed by atoms with Crippen LogP contribution < -0.4 is 10.9 Å². The minimum absolute atomic E-state index is 0.0658. The highest BCUT2D eigenvalue weighted by atomic mass is 16.6. The Hall–Kier alpha value is -4.42. The molecular weight excluding hydrogens is 464 g/mol. The summed E-state index contributed by atoms with van der Waals surface area (Å²) in [7, 11) is 0. The average Bonchev–Trinajstić information content (AvgIpc) is 3.45. The number of ether oxygens (including phenoxy) is 1. The minimum atomic E-state index is -1.05. The third-order valence-corrected chi connectivity index (χ3v) is 7.29. The first kappa shape index (κ1) is 23.0. The number of hydrogen-bond acceptors (Lipinski definition) is 4. The van der Waals surface area contributed by atoms with Gasteiger partial charge in [-0.1, -0.05) is 91.0 Å². The van der Waals surface area contributed by atoms with Crippen molar-refractivity contribution >= 4 is 12.1 Å². The summed E-state index contributed by atoms with van der Waals surface area (Å²) in [5.41, 5.74) is 15.4. The molecule has 4 aromatic rings. The van der Waals surface area contributed by atoms with Crippen LogP contribution >= 0.6 is 0 Å². The molecule has 184 valence electrons. The lowest BCUT2D eigenvalue weighted by Gasteiger charge is -2.18. The summed E-state index contributed by atoms with van der Waals surface area (Å²) < 4.78 is 5.51. The van der Waals surface area contributed by atoms with E-state index in [9.17, 15) is 14.7 Å². The summed E-state index contributed by atoms with van der Waals surface area (Å²) in [6, 6.07) is 29.6. The first-order chi connectivity index (χ1) is 18.1. The predicted molar refractivity (Wildman–Crippen MR) is 141 cm³/mol. The molecule has 1 amide bonds. The average molecular weight is 491 g/mol. The number of aliphatic carboxylic acids is 1. The van der Waals surface area contributed by atoms with Crippen LogP contribution in [0.4, 0.5) is 4.79 Å². The number of hydrazine groups is 1. The van der Waals surface area contributed by atoms with Crippen molar-refractivity contribution in [3.63, 3.8) is 0 Å². The Labute approximate surface area is 214 Å². The lowest BCUT2D eigenvalue weighted by molar-refractivity contribution is -0.139. The maximum Gasteiger partial charge on any atom is 0.421 e. The van der Waals surface area contributed by atoms with Crippen molar-refractivity contribution < 1.29 is 19.4 Å². The lowest BCUT2D eigenvalue weighted by Crippen LogP contribution is -2.49. The molecule has 3 N–H and O–H groups in total. The van der Waals surface area contributed by atoms with Gasteiger partial charge in [0, 0.05) is 12.3 Å². The largest absolute Gasteiger partial charge is 0.480 e. The predicted octanol–water partition coefficient (Wildman–Crippen LogP) is 5.30. The Bertz CT molecular complexity index is 1470. The van der Waals surface area contributed by atoms with Gasteiger partial charge in [-0.2, -0.15) is 0 Å². The van der Waals surface area contributed by atoms with Gasteiger partial charge in [0.05, 0.1) is 0 Å². The summed E-state index contributed by atoms with van der Waals surface area (Å²) in [5.74, 6) is -1.12. The van der Waals surface area contributed by atoms with E-state index in [4.69, 9.17) is 4.74 Å². The van der Waals surface area contributed by atoms with E-state index in [0.29, 0.717) is 0 Å². The molecule has 37 heavy (non-hydrogen) atoms. The molecule has 0 bridgehead atoms. The second-order valence-corrected chi connectivity index (χ2v) is 9.52. The Morgan fingerprint density at radius 3 is 2.14 bits per heavy atom. The Kier molecular flexibility index (Phi) is 5.94. The Morgan fingerprint density at radius 1 is 0.811 bits per heavy atom. The molecule has 1 atom stereocenters. The first-order valence-electron chi connectivity index (χ1n) is 12.4. The highest BCUT2D eigenvalue weighted by Crippen LogP contribution is 2.44. The van der Waals surface area contributed by atoms with Gasteiger partial charge in [0.2, 0.25) is 0 Å². The van der Waals surface area contributed by atoms with Crippen LogP contribution in [0.25, 0.3) is 22.3 Å². The van der Waals surface area contributed by atoms with Gasteiger partial charge in [0.1, 0.15) is 12.6 Å². The van der Waals surface area contributed by atoms with Crippen LogP contribution in [0.1, 0.15) is 33.7 Å². The number of carbonyl (C=O) groups excluding carboxylic acids is 1. The smallest absolute Gasteiger partial charge is 0.421 e. The second kappa shape index (κ2) is 9.56. The van der Waals surface area contributed by atoms with Gasteiger partial charge >= 0.3 is 12.1 Å². The molecule has 0 heterocycles. The summed E-state index contributed by atoms with van der Waals surface area (Å²) in [5, 5.41) is 9.75. The quantitative estimate of drug-likeness (QED) is 0.270. The molecule has 0 fully saturated rings. The van der Waals surface area contributed by atoms with Gasteiger partial charge < -0.3 is 9.84 Å². The normalized spacial score (nSPS) is 13.7. The third kappa shape index (κ3) is 4.36. The number of carbonyl (C=O) groups is 2. The van der Waals surface area contributed by atoms with Crippen LogP contribution in [0.15, 0.2) is 91.0 Å². The molecule has 6 heteroatoms. The van der Waals surface area contributed by atoms with Gasteiger partial charge in [0.15, 0.2) is 0 Å². The van der Waals surface area contributed by atoms with Crippen molar-refractivity contribution in [3.05, 3.63) is 119 Å². The number of fused-ring (bicyclic) bond motifs is 6. The van der Waals surface area contributed by atoms with E-state index in [1.165, 1.54) is 22.3 Å². The van der Waals surface area contributed by atoms with E-state index in [1.807, 2.05) is 48.5 Å². The molecule has 2 aliphatic carbocycles. The number of rotatable bonds is 7. The molecule has 2 aliphatic rings. The maximum atomic E-state index is 12.5. The number of benzene rings is 4. The van der Waals surface area contributed by atoms with Gasteiger partial charge in [-0.15, -0.1) is 0 Å².